The van der Waals surface area contributed by atoms with Crippen molar-refractivity contribution in [3.63, 3.8) is 0 Å². The van der Waals surface area contributed by atoms with Crippen LogP contribution in [0.5, 0.6) is 0 Å². The van der Waals surface area contributed by atoms with Crippen LogP contribution in [0, 0.1) is 6.92 Å². The second-order valence-corrected chi connectivity index (χ2v) is 5.73. The van der Waals surface area contributed by atoms with Crippen LogP contribution in [0.25, 0.3) is 0 Å². The summed E-state index contributed by atoms with van der Waals surface area (Å²) in [6.07, 6.45) is 8.55. The number of hydrogen-bond donors (Lipinski definition) is 1. The van der Waals surface area contributed by atoms with Gasteiger partial charge in [-0.15, -0.1) is 0 Å². The van der Waals surface area contributed by atoms with E-state index in [1.54, 1.807) is 0 Å². The molecule has 0 amide bonds. The highest BCUT2D eigenvalue weighted by molar-refractivity contribution is 5.08. The zero-order valence-electron chi connectivity index (χ0n) is 12.3. The minimum Gasteiger partial charge on any atom is -0.346 e. The highest BCUT2D eigenvalue weighted by Gasteiger charge is 2.23. The zero-order valence-corrected chi connectivity index (χ0v) is 12.3. The number of imidazole rings is 1. The number of aromatic amines is 1. The van der Waals surface area contributed by atoms with Crippen molar-refractivity contribution in [2.75, 3.05) is 13.1 Å². The maximum atomic E-state index is 4.50. The Morgan fingerprint density at radius 1 is 1.40 bits per heavy atom. The maximum Gasteiger partial charge on any atom is 0.110 e. The van der Waals surface area contributed by atoms with E-state index in [1.807, 2.05) is 17.1 Å². The molecule has 1 N–H and O–H groups in total. The minimum atomic E-state index is 0.540. The van der Waals surface area contributed by atoms with Crippen molar-refractivity contribution in [3.8, 4) is 0 Å². The average Bonchev–Trinajstić information content (AvgIpc) is 3.08. The second kappa shape index (κ2) is 5.79. The Morgan fingerprint density at radius 2 is 2.30 bits per heavy atom. The van der Waals surface area contributed by atoms with Crippen LogP contribution in [-0.2, 0) is 13.1 Å². The van der Waals surface area contributed by atoms with Crippen LogP contribution < -0.4 is 0 Å². The first kappa shape index (κ1) is 13.4. The van der Waals surface area contributed by atoms with Gasteiger partial charge in [0.05, 0.1) is 6.20 Å². The topological polar surface area (TPSA) is 49.7 Å². The van der Waals surface area contributed by atoms with E-state index in [0.29, 0.717) is 5.92 Å². The minimum absolute atomic E-state index is 0.540. The Kier molecular flexibility index (Phi) is 3.87. The van der Waals surface area contributed by atoms with Crippen molar-refractivity contribution >= 4 is 0 Å². The van der Waals surface area contributed by atoms with Crippen molar-refractivity contribution < 1.29 is 0 Å². The van der Waals surface area contributed by atoms with Crippen molar-refractivity contribution in [2.24, 2.45) is 0 Å². The van der Waals surface area contributed by atoms with E-state index in [-0.39, 0.29) is 0 Å². The lowest BCUT2D eigenvalue weighted by Crippen LogP contribution is -2.34. The molecule has 1 aliphatic heterocycles. The van der Waals surface area contributed by atoms with Gasteiger partial charge < -0.3 is 4.98 Å². The van der Waals surface area contributed by atoms with Gasteiger partial charge in [0.25, 0.3) is 0 Å². The molecule has 0 aromatic carbocycles. The molecule has 0 spiro atoms. The fourth-order valence-electron chi connectivity index (χ4n) is 2.98. The molecule has 1 fully saturated rings. The Morgan fingerprint density at radius 3 is 3.00 bits per heavy atom. The number of nitrogens with one attached hydrogen (secondary N) is 1. The fraction of sp³-hybridized carbons (Fsp3) is 0.600. The van der Waals surface area contributed by atoms with Crippen LogP contribution in [0.15, 0.2) is 18.6 Å². The van der Waals surface area contributed by atoms with E-state index >= 15 is 0 Å². The molecule has 2 aromatic rings. The van der Waals surface area contributed by atoms with Crippen LogP contribution in [-0.4, -0.2) is 37.7 Å². The third-order valence-corrected chi connectivity index (χ3v) is 4.03. The highest BCUT2D eigenvalue weighted by atomic mass is 15.3. The Bertz CT molecular complexity index is 556. The molecule has 3 rings (SSSR count). The second-order valence-electron chi connectivity index (χ2n) is 5.73. The Labute approximate surface area is 120 Å². The van der Waals surface area contributed by atoms with Gasteiger partial charge in [0.15, 0.2) is 0 Å². The van der Waals surface area contributed by atoms with Gasteiger partial charge in [0, 0.05) is 49.2 Å². The van der Waals surface area contributed by atoms with Crippen molar-refractivity contribution in [1.29, 1.82) is 0 Å². The summed E-state index contributed by atoms with van der Waals surface area (Å²) in [6.45, 7) is 8.38. The van der Waals surface area contributed by atoms with E-state index in [9.17, 15) is 0 Å². The monoisotopic (exact) mass is 273 g/mol. The predicted octanol–water partition coefficient (Wildman–Crippen LogP) is 2.31. The molecular weight excluding hydrogens is 250 g/mol. The number of likely N-dealkylation sites (tertiary alicyclic amines) is 1. The van der Waals surface area contributed by atoms with Crippen LogP contribution in [0.1, 0.15) is 42.8 Å². The lowest BCUT2D eigenvalue weighted by molar-refractivity contribution is 0.197. The standard InChI is InChI=1S/C15H23N5/c1-3-20-10-13(8-17-20)9-19-6-4-5-14(11-19)15-16-7-12(2)18-15/h7-8,10,14H,3-6,9,11H2,1-2H3,(H,16,18)/t14-/m1/s1. The maximum absolute atomic E-state index is 4.50. The molecule has 0 unspecified atom stereocenters. The van der Waals surface area contributed by atoms with Gasteiger partial charge in [-0.05, 0) is 33.2 Å². The van der Waals surface area contributed by atoms with Gasteiger partial charge in [-0.2, -0.15) is 5.10 Å². The lowest BCUT2D eigenvalue weighted by Gasteiger charge is -2.31. The van der Waals surface area contributed by atoms with Gasteiger partial charge in [-0.3, -0.25) is 9.58 Å². The highest BCUT2D eigenvalue weighted by Crippen LogP contribution is 2.25. The molecule has 1 aliphatic rings. The molecule has 20 heavy (non-hydrogen) atoms. The van der Waals surface area contributed by atoms with E-state index in [2.05, 4.69) is 40.0 Å². The van der Waals surface area contributed by atoms with E-state index < -0.39 is 0 Å². The summed E-state index contributed by atoms with van der Waals surface area (Å²) in [5.74, 6) is 1.69. The molecule has 3 heterocycles. The number of aromatic nitrogens is 4. The SMILES string of the molecule is CCn1cc(CN2CCC[C@@H](c3ncc(C)[nH]3)C2)cn1. The third-order valence-electron chi connectivity index (χ3n) is 4.03. The van der Waals surface area contributed by atoms with E-state index in [4.69, 9.17) is 0 Å². The molecule has 5 nitrogen and oxygen atoms in total. The summed E-state index contributed by atoms with van der Waals surface area (Å²) >= 11 is 0. The molecule has 0 saturated carbocycles. The normalized spacial score (nSPS) is 20.4. The molecule has 0 aliphatic carbocycles. The molecule has 2 aromatic heterocycles. The number of aryl methyl sites for hydroxylation is 2. The number of hydrogen-bond acceptors (Lipinski definition) is 3. The largest absolute Gasteiger partial charge is 0.346 e. The number of piperidine rings is 1. The molecular formula is C15H23N5. The quantitative estimate of drug-likeness (QED) is 0.930. The Balaban J connectivity index is 1.63. The van der Waals surface area contributed by atoms with Crippen molar-refractivity contribution in [2.45, 2.75) is 45.7 Å². The zero-order chi connectivity index (χ0) is 13.9. The molecule has 5 heteroatoms. The van der Waals surface area contributed by atoms with Crippen LogP contribution in [0.2, 0.25) is 0 Å². The summed E-state index contributed by atoms with van der Waals surface area (Å²) in [5, 5.41) is 4.35. The molecule has 0 radical (unpaired) electrons. The third kappa shape index (κ3) is 2.93. The molecule has 0 bridgehead atoms. The van der Waals surface area contributed by atoms with Crippen molar-refractivity contribution in [1.82, 2.24) is 24.6 Å². The van der Waals surface area contributed by atoms with Gasteiger partial charge in [0.1, 0.15) is 5.82 Å². The summed E-state index contributed by atoms with van der Waals surface area (Å²) < 4.78 is 1.99. The number of H-pyrrole nitrogens is 1. The predicted molar refractivity (Wildman–Crippen MR) is 78.5 cm³/mol. The van der Waals surface area contributed by atoms with Crippen LogP contribution in [0.4, 0.5) is 0 Å². The van der Waals surface area contributed by atoms with Gasteiger partial charge in [-0.1, -0.05) is 0 Å². The smallest absolute Gasteiger partial charge is 0.110 e. The first-order valence-corrected chi connectivity index (χ1v) is 7.49. The van der Waals surface area contributed by atoms with Gasteiger partial charge in [0.2, 0.25) is 0 Å². The summed E-state index contributed by atoms with van der Waals surface area (Å²) in [7, 11) is 0. The fourth-order valence-corrected chi connectivity index (χ4v) is 2.98. The van der Waals surface area contributed by atoms with Crippen molar-refractivity contribution in [3.05, 3.63) is 35.7 Å². The van der Waals surface area contributed by atoms with Crippen LogP contribution >= 0.6 is 0 Å². The number of rotatable bonds is 4. The van der Waals surface area contributed by atoms with Crippen LogP contribution in [0.3, 0.4) is 0 Å². The number of nitrogens with zero attached hydrogens (tertiary/aromatic N) is 4. The van der Waals surface area contributed by atoms with E-state index in [1.165, 1.54) is 24.9 Å². The summed E-state index contributed by atoms with van der Waals surface area (Å²) in [6, 6.07) is 0. The lowest BCUT2D eigenvalue weighted by atomic mass is 9.97. The summed E-state index contributed by atoms with van der Waals surface area (Å²) in [5.41, 5.74) is 2.46. The van der Waals surface area contributed by atoms with E-state index in [0.717, 1.165) is 31.2 Å². The molecule has 1 atom stereocenters. The summed E-state index contributed by atoms with van der Waals surface area (Å²) in [4.78, 5) is 10.4. The van der Waals surface area contributed by atoms with Gasteiger partial charge in [-0.25, -0.2) is 4.98 Å². The molecule has 108 valence electrons. The first-order chi connectivity index (χ1) is 9.74. The van der Waals surface area contributed by atoms with Gasteiger partial charge >= 0.3 is 0 Å². The molecule has 1 saturated heterocycles. The Hall–Kier alpha value is -1.62. The first-order valence-electron chi connectivity index (χ1n) is 7.49. The average molecular weight is 273 g/mol.